The average molecular weight is 180 g/mol. The third-order valence-corrected chi connectivity index (χ3v) is 3.11. The van der Waals surface area contributed by atoms with Crippen LogP contribution in [0.25, 0.3) is 0 Å². The van der Waals surface area contributed by atoms with Gasteiger partial charge in [-0.3, -0.25) is 0 Å². The first kappa shape index (κ1) is 9.66. The van der Waals surface area contributed by atoms with Gasteiger partial charge >= 0.3 is 0 Å². The lowest BCUT2D eigenvalue weighted by Crippen LogP contribution is -1.91. The van der Waals surface area contributed by atoms with Gasteiger partial charge < -0.3 is 0 Å². The fraction of sp³-hybridized carbons (Fsp3) is 0.455. The minimum Gasteiger partial charge on any atom is -0.123 e. The topological polar surface area (TPSA) is 0 Å². The highest BCUT2D eigenvalue weighted by Gasteiger charge is 2.04. The molecule has 1 heteroatoms. The molecule has 0 heterocycles. The summed E-state index contributed by atoms with van der Waals surface area (Å²) >= 11 is 1.95. The van der Waals surface area contributed by atoms with Gasteiger partial charge in [0.25, 0.3) is 0 Å². The Kier molecular flexibility index (Phi) is 3.21. The predicted octanol–water partition coefficient (Wildman–Crippen LogP) is 3.80. The lowest BCUT2D eigenvalue weighted by molar-refractivity contribution is 1.10. The molecule has 0 amide bonds. The fourth-order valence-electron chi connectivity index (χ4n) is 1.22. The Balaban J connectivity index is 2.96. The lowest BCUT2D eigenvalue weighted by Gasteiger charge is -2.10. The molecule has 0 N–H and O–H groups in total. The molecule has 0 fully saturated rings. The molecule has 1 aromatic rings. The molecular weight excluding hydrogens is 164 g/mol. The smallest absolute Gasteiger partial charge is 0.0133 e. The molecule has 0 aliphatic heterocycles. The second-order valence-electron chi connectivity index (χ2n) is 3.39. The van der Waals surface area contributed by atoms with Crippen LogP contribution >= 0.6 is 11.8 Å². The Morgan fingerprint density at radius 1 is 1.08 bits per heavy atom. The minimum absolute atomic E-state index is 0.671. The maximum atomic E-state index is 2.23. The monoisotopic (exact) mass is 180 g/mol. The van der Waals surface area contributed by atoms with Gasteiger partial charge in [-0.25, -0.2) is 0 Å². The Bertz CT molecular complexity index is 243. The van der Waals surface area contributed by atoms with Gasteiger partial charge in [-0.15, -0.1) is 11.8 Å². The molecule has 0 bridgehead atoms. The highest BCUT2D eigenvalue weighted by molar-refractivity contribution is 8.00. The first-order valence-electron chi connectivity index (χ1n) is 4.34. The summed E-state index contributed by atoms with van der Waals surface area (Å²) in [5, 5.41) is 0.671. The Labute approximate surface area is 79.4 Å². The van der Waals surface area contributed by atoms with E-state index in [0.717, 1.165) is 0 Å². The summed E-state index contributed by atoms with van der Waals surface area (Å²) in [6.07, 6.45) is 0. The van der Waals surface area contributed by atoms with Gasteiger partial charge in [-0.1, -0.05) is 32.0 Å². The van der Waals surface area contributed by atoms with Crippen LogP contribution in [-0.2, 0) is 0 Å². The second kappa shape index (κ2) is 3.99. The normalized spacial score (nSPS) is 10.8. The predicted molar refractivity (Wildman–Crippen MR) is 56.9 cm³/mol. The quantitative estimate of drug-likeness (QED) is 0.624. The van der Waals surface area contributed by atoms with Crippen molar-refractivity contribution in [2.24, 2.45) is 0 Å². The SMILES string of the molecule is Cc1cccc(C)c1SC(C)C. The molecule has 0 aliphatic carbocycles. The largest absolute Gasteiger partial charge is 0.123 e. The van der Waals surface area contributed by atoms with Crippen molar-refractivity contribution in [2.45, 2.75) is 37.8 Å². The van der Waals surface area contributed by atoms with Gasteiger partial charge in [-0.05, 0) is 25.0 Å². The van der Waals surface area contributed by atoms with Crippen molar-refractivity contribution in [3.8, 4) is 0 Å². The van der Waals surface area contributed by atoms with Crippen LogP contribution in [0.15, 0.2) is 23.1 Å². The van der Waals surface area contributed by atoms with Gasteiger partial charge in [0.2, 0.25) is 0 Å². The van der Waals surface area contributed by atoms with E-state index in [0.29, 0.717) is 5.25 Å². The van der Waals surface area contributed by atoms with Crippen molar-refractivity contribution in [3.05, 3.63) is 29.3 Å². The minimum atomic E-state index is 0.671. The molecule has 66 valence electrons. The number of rotatable bonds is 2. The summed E-state index contributed by atoms with van der Waals surface area (Å²) in [6, 6.07) is 6.48. The van der Waals surface area contributed by atoms with Crippen LogP contribution in [0.4, 0.5) is 0 Å². The number of hydrogen-bond acceptors (Lipinski definition) is 1. The van der Waals surface area contributed by atoms with Crippen molar-refractivity contribution in [1.82, 2.24) is 0 Å². The maximum Gasteiger partial charge on any atom is 0.0133 e. The fourth-order valence-corrected chi connectivity index (χ4v) is 2.20. The number of aryl methyl sites for hydroxylation is 2. The zero-order chi connectivity index (χ0) is 9.14. The molecule has 0 saturated carbocycles. The molecule has 0 unspecified atom stereocenters. The maximum absolute atomic E-state index is 2.23. The van der Waals surface area contributed by atoms with Crippen molar-refractivity contribution in [1.29, 1.82) is 0 Å². The van der Waals surface area contributed by atoms with Crippen LogP contribution in [0.3, 0.4) is 0 Å². The van der Waals surface area contributed by atoms with Crippen LogP contribution in [-0.4, -0.2) is 5.25 Å². The molecule has 12 heavy (non-hydrogen) atoms. The van der Waals surface area contributed by atoms with Crippen molar-refractivity contribution in [2.75, 3.05) is 0 Å². The van der Waals surface area contributed by atoms with E-state index < -0.39 is 0 Å². The highest BCUT2D eigenvalue weighted by atomic mass is 32.2. The van der Waals surface area contributed by atoms with Crippen LogP contribution in [0, 0.1) is 13.8 Å². The molecule has 0 spiro atoms. The first-order chi connectivity index (χ1) is 5.61. The second-order valence-corrected chi connectivity index (χ2v) is 4.97. The van der Waals surface area contributed by atoms with Crippen LogP contribution in [0.1, 0.15) is 25.0 Å². The summed E-state index contributed by atoms with van der Waals surface area (Å²) in [6.45, 7) is 8.82. The first-order valence-corrected chi connectivity index (χ1v) is 5.22. The van der Waals surface area contributed by atoms with E-state index in [1.165, 1.54) is 16.0 Å². The van der Waals surface area contributed by atoms with E-state index in [-0.39, 0.29) is 0 Å². The van der Waals surface area contributed by atoms with Gasteiger partial charge in [-0.2, -0.15) is 0 Å². The molecule has 0 radical (unpaired) electrons. The Morgan fingerprint density at radius 3 is 2.00 bits per heavy atom. The van der Waals surface area contributed by atoms with Crippen molar-refractivity contribution < 1.29 is 0 Å². The van der Waals surface area contributed by atoms with E-state index in [9.17, 15) is 0 Å². The van der Waals surface area contributed by atoms with E-state index in [1.54, 1.807) is 0 Å². The molecule has 0 nitrogen and oxygen atoms in total. The van der Waals surface area contributed by atoms with Gasteiger partial charge in [0, 0.05) is 10.1 Å². The lowest BCUT2D eigenvalue weighted by atomic mass is 10.2. The zero-order valence-corrected chi connectivity index (χ0v) is 9.03. The van der Waals surface area contributed by atoms with Gasteiger partial charge in [0.1, 0.15) is 0 Å². The zero-order valence-electron chi connectivity index (χ0n) is 8.22. The highest BCUT2D eigenvalue weighted by Crippen LogP contribution is 2.29. The van der Waals surface area contributed by atoms with E-state index in [2.05, 4.69) is 45.9 Å². The molecule has 0 aliphatic rings. The standard InChI is InChI=1S/C11H16S/c1-8(2)12-11-9(3)6-5-7-10(11)4/h5-8H,1-4H3. The Morgan fingerprint density at radius 2 is 1.58 bits per heavy atom. The summed E-state index contributed by atoms with van der Waals surface area (Å²) in [5.41, 5.74) is 2.79. The average Bonchev–Trinajstić information content (AvgIpc) is 1.97. The van der Waals surface area contributed by atoms with Crippen LogP contribution in [0.5, 0.6) is 0 Å². The molecule has 1 aromatic carbocycles. The number of hydrogen-bond donors (Lipinski definition) is 0. The van der Waals surface area contributed by atoms with E-state index in [1.807, 2.05) is 11.8 Å². The van der Waals surface area contributed by atoms with Gasteiger partial charge in [0.15, 0.2) is 0 Å². The van der Waals surface area contributed by atoms with E-state index >= 15 is 0 Å². The summed E-state index contributed by atoms with van der Waals surface area (Å²) in [7, 11) is 0. The van der Waals surface area contributed by atoms with Crippen LogP contribution < -0.4 is 0 Å². The van der Waals surface area contributed by atoms with Crippen molar-refractivity contribution in [3.63, 3.8) is 0 Å². The molecule has 1 rings (SSSR count). The summed E-state index contributed by atoms with van der Waals surface area (Å²) < 4.78 is 0. The summed E-state index contributed by atoms with van der Waals surface area (Å²) in [4.78, 5) is 1.45. The van der Waals surface area contributed by atoms with Gasteiger partial charge in [0.05, 0.1) is 0 Å². The third-order valence-electron chi connectivity index (χ3n) is 1.76. The number of thioether (sulfide) groups is 1. The third kappa shape index (κ3) is 2.28. The molecule has 0 aromatic heterocycles. The number of benzene rings is 1. The Hall–Kier alpha value is -0.430. The van der Waals surface area contributed by atoms with Crippen LogP contribution in [0.2, 0.25) is 0 Å². The van der Waals surface area contributed by atoms with Crippen molar-refractivity contribution >= 4 is 11.8 Å². The molecule has 0 saturated heterocycles. The molecule has 0 atom stereocenters. The van der Waals surface area contributed by atoms with E-state index in [4.69, 9.17) is 0 Å². The molecular formula is C11H16S. The summed E-state index contributed by atoms with van der Waals surface area (Å²) in [5.74, 6) is 0.